The van der Waals surface area contributed by atoms with E-state index in [0.29, 0.717) is 13.1 Å². The van der Waals surface area contributed by atoms with Gasteiger partial charge in [-0.3, -0.25) is 4.79 Å². The lowest BCUT2D eigenvalue weighted by Crippen LogP contribution is -2.43. The smallest absolute Gasteiger partial charge is 0.230 e. The van der Waals surface area contributed by atoms with Crippen LogP contribution in [-0.4, -0.2) is 37.0 Å². The number of hydrogen-bond acceptors (Lipinski definition) is 3. The van der Waals surface area contributed by atoms with Crippen molar-refractivity contribution in [2.45, 2.75) is 52.5 Å². The van der Waals surface area contributed by atoms with E-state index in [1.807, 2.05) is 49.1 Å². The van der Waals surface area contributed by atoms with Crippen molar-refractivity contribution in [1.29, 1.82) is 0 Å². The van der Waals surface area contributed by atoms with Crippen LogP contribution in [0.4, 0.5) is 0 Å². The zero-order valence-corrected chi connectivity index (χ0v) is 20.2. The number of amides is 1. The molecule has 32 heavy (non-hydrogen) atoms. The minimum Gasteiger partial charge on any atom is -0.497 e. The maximum Gasteiger partial charge on any atom is 0.230 e. The number of hydrogen-bond donors (Lipinski definition) is 1. The highest BCUT2D eigenvalue weighted by molar-refractivity contribution is 5.88. The molecule has 0 aliphatic carbocycles. The summed E-state index contributed by atoms with van der Waals surface area (Å²) in [5.74, 6) is 2.99. The van der Waals surface area contributed by atoms with Gasteiger partial charge in [-0.1, -0.05) is 48.6 Å². The van der Waals surface area contributed by atoms with E-state index in [1.165, 1.54) is 0 Å². The van der Waals surface area contributed by atoms with Crippen LogP contribution in [0.15, 0.2) is 60.7 Å². The molecule has 2 N–H and O–H groups in total. The molecule has 1 amide bonds. The molecule has 4 nitrogen and oxygen atoms in total. The first kappa shape index (κ1) is 27.0. The van der Waals surface area contributed by atoms with Crippen LogP contribution in [-0.2, 0) is 4.79 Å². The van der Waals surface area contributed by atoms with Crippen LogP contribution in [0.5, 0.6) is 5.75 Å². The third-order valence-corrected chi connectivity index (χ3v) is 5.28. The fraction of sp³-hybridized carbons (Fsp3) is 0.393. The van der Waals surface area contributed by atoms with E-state index in [1.54, 1.807) is 14.0 Å². The number of nitrogens with two attached hydrogens (primary N) is 1. The molecule has 0 aromatic heterocycles. The molecule has 2 rings (SSSR count). The van der Waals surface area contributed by atoms with E-state index >= 15 is 0 Å². The second kappa shape index (κ2) is 14.9. The highest BCUT2D eigenvalue weighted by Crippen LogP contribution is 2.26. The highest BCUT2D eigenvalue weighted by Gasteiger charge is 2.25. The van der Waals surface area contributed by atoms with Crippen molar-refractivity contribution < 1.29 is 9.53 Å². The van der Waals surface area contributed by atoms with Gasteiger partial charge >= 0.3 is 0 Å². The molecule has 172 valence electrons. The first-order valence-corrected chi connectivity index (χ1v) is 11.1. The lowest BCUT2D eigenvalue weighted by molar-refractivity contribution is -0.134. The van der Waals surface area contributed by atoms with Gasteiger partial charge in [-0.2, -0.15) is 0 Å². The number of methoxy groups -OCH3 is 1. The van der Waals surface area contributed by atoms with Crippen LogP contribution in [0.1, 0.15) is 52.0 Å². The van der Waals surface area contributed by atoms with Crippen LogP contribution < -0.4 is 10.5 Å². The summed E-state index contributed by atoms with van der Waals surface area (Å²) in [6.07, 6.45) is 14.8. The van der Waals surface area contributed by atoms with Crippen molar-refractivity contribution in [3.63, 3.8) is 0 Å². The molecule has 0 heterocycles. The van der Waals surface area contributed by atoms with Crippen molar-refractivity contribution in [3.05, 3.63) is 66.3 Å². The number of benzene rings is 2. The topological polar surface area (TPSA) is 55.6 Å². The van der Waals surface area contributed by atoms with E-state index in [9.17, 15) is 4.79 Å². The fourth-order valence-electron chi connectivity index (χ4n) is 3.45. The van der Waals surface area contributed by atoms with Gasteiger partial charge in [0.15, 0.2) is 0 Å². The molecule has 0 radical (unpaired) electrons. The van der Waals surface area contributed by atoms with Crippen molar-refractivity contribution in [2.75, 3.05) is 20.2 Å². The Kier molecular flexibility index (Phi) is 12.6. The predicted molar refractivity (Wildman–Crippen MR) is 137 cm³/mol. The summed E-state index contributed by atoms with van der Waals surface area (Å²) in [4.78, 5) is 15.2. The van der Waals surface area contributed by atoms with Crippen LogP contribution in [0.3, 0.4) is 0 Å². The first-order valence-electron chi connectivity index (χ1n) is 11.1. The van der Waals surface area contributed by atoms with Gasteiger partial charge in [0, 0.05) is 19.1 Å². The number of fused-ring (bicyclic) bond motifs is 1. The summed E-state index contributed by atoms with van der Waals surface area (Å²) in [5, 5.41) is 2.21. The number of terminal acetylenes is 1. The van der Waals surface area contributed by atoms with Gasteiger partial charge < -0.3 is 15.4 Å². The number of carbonyl (C=O) groups is 1. The summed E-state index contributed by atoms with van der Waals surface area (Å²) >= 11 is 0. The third-order valence-electron chi connectivity index (χ3n) is 5.28. The molecule has 0 fully saturated rings. The first-order chi connectivity index (χ1) is 15.4. The highest BCUT2D eigenvalue weighted by atomic mass is 16.5. The summed E-state index contributed by atoms with van der Waals surface area (Å²) < 4.78 is 5.29. The zero-order chi connectivity index (χ0) is 23.9. The van der Waals surface area contributed by atoms with E-state index in [4.69, 9.17) is 10.5 Å². The van der Waals surface area contributed by atoms with Gasteiger partial charge in [-0.25, -0.2) is 0 Å². The van der Waals surface area contributed by atoms with Gasteiger partial charge in [0.2, 0.25) is 5.91 Å². The van der Waals surface area contributed by atoms with Crippen molar-refractivity contribution in [3.8, 4) is 18.1 Å². The largest absolute Gasteiger partial charge is 0.497 e. The number of carbonyl (C=O) groups excluding carboxylic acids is 1. The Hall–Kier alpha value is -3.03. The molecule has 0 aliphatic heterocycles. The lowest BCUT2D eigenvalue weighted by atomic mass is 9.95. The number of ether oxygens (including phenoxy) is 1. The lowest BCUT2D eigenvalue weighted by Gasteiger charge is -2.31. The van der Waals surface area contributed by atoms with E-state index in [-0.39, 0.29) is 17.9 Å². The minimum absolute atomic E-state index is 0.111. The van der Waals surface area contributed by atoms with Crippen molar-refractivity contribution in [2.24, 2.45) is 5.73 Å². The SMILES string of the molecule is C#CC.C/C=C\C/C=C\CC(C)N(CCN)C(=O)[C@@H](C)c1ccc2cc(OC)ccc2c1. The van der Waals surface area contributed by atoms with Crippen LogP contribution in [0.25, 0.3) is 10.8 Å². The minimum atomic E-state index is -0.220. The molecule has 0 saturated carbocycles. The molecular weight excluding hydrogens is 396 g/mol. The molecule has 2 aromatic rings. The molecule has 4 heteroatoms. The predicted octanol–water partition coefficient (Wildman–Crippen LogP) is 5.68. The quantitative estimate of drug-likeness (QED) is 0.387. The second-order valence-electron chi connectivity index (χ2n) is 7.66. The van der Waals surface area contributed by atoms with Crippen LogP contribution in [0, 0.1) is 12.3 Å². The number of rotatable bonds is 10. The standard InChI is InChI=1S/C25H34N2O2.C3H4/c1-5-6-7-8-9-10-19(2)27(16-15-26)25(28)20(3)21-11-12-23-18-24(29-4)14-13-22(23)17-21;1-3-2/h5-6,8-9,11-14,17-20H,7,10,15-16,26H2,1-4H3;1H,2H3/b6-5-,9-8-;/t19?,20-;/m0./s1. The number of nitrogens with zero attached hydrogens (tertiary/aromatic N) is 1. The molecule has 0 bridgehead atoms. The molecule has 2 atom stereocenters. The molecule has 0 spiro atoms. The molecular formula is C28H38N2O2. The van der Waals surface area contributed by atoms with Crippen LogP contribution >= 0.6 is 0 Å². The Morgan fingerprint density at radius 2 is 1.81 bits per heavy atom. The van der Waals surface area contributed by atoms with Gasteiger partial charge in [0.05, 0.1) is 13.0 Å². The zero-order valence-electron chi connectivity index (χ0n) is 20.2. The Labute approximate surface area is 194 Å². The van der Waals surface area contributed by atoms with Gasteiger partial charge in [-0.05, 0) is 69.0 Å². The normalized spacial score (nSPS) is 12.8. The summed E-state index contributed by atoms with van der Waals surface area (Å²) in [7, 11) is 1.67. The average molecular weight is 435 g/mol. The summed E-state index contributed by atoms with van der Waals surface area (Å²) in [5.41, 5.74) is 6.83. The Bertz CT molecular complexity index is 940. The van der Waals surface area contributed by atoms with Gasteiger partial charge in [0.1, 0.15) is 5.75 Å². The third kappa shape index (κ3) is 8.24. The molecule has 0 aliphatic rings. The second-order valence-corrected chi connectivity index (χ2v) is 7.66. The summed E-state index contributed by atoms with van der Waals surface area (Å²) in [6.45, 7) is 8.77. The maximum atomic E-state index is 13.3. The number of allylic oxidation sites excluding steroid dienone is 3. The Balaban J connectivity index is 0.00000161. The Morgan fingerprint density at radius 1 is 1.16 bits per heavy atom. The average Bonchev–Trinajstić information content (AvgIpc) is 2.81. The molecule has 0 saturated heterocycles. The maximum absolute atomic E-state index is 13.3. The van der Waals surface area contributed by atoms with Gasteiger partial charge in [-0.15, -0.1) is 12.3 Å². The van der Waals surface area contributed by atoms with Crippen LogP contribution in [0.2, 0.25) is 0 Å². The van der Waals surface area contributed by atoms with Crippen molar-refractivity contribution >= 4 is 16.7 Å². The monoisotopic (exact) mass is 434 g/mol. The van der Waals surface area contributed by atoms with E-state index in [2.05, 4.69) is 49.6 Å². The van der Waals surface area contributed by atoms with E-state index < -0.39 is 0 Å². The molecule has 2 aromatic carbocycles. The Morgan fingerprint density at radius 3 is 2.44 bits per heavy atom. The fourth-order valence-corrected chi connectivity index (χ4v) is 3.45. The van der Waals surface area contributed by atoms with Crippen molar-refractivity contribution in [1.82, 2.24) is 4.90 Å². The summed E-state index contributed by atoms with van der Waals surface area (Å²) in [6, 6.07) is 12.3. The van der Waals surface area contributed by atoms with E-state index in [0.717, 1.165) is 34.9 Å². The van der Waals surface area contributed by atoms with Gasteiger partial charge in [0.25, 0.3) is 0 Å². The molecule has 1 unspecified atom stereocenters.